The van der Waals surface area contributed by atoms with Crippen LogP contribution in [0.2, 0.25) is 0 Å². The second-order valence-electron chi connectivity index (χ2n) is 4.05. The predicted octanol–water partition coefficient (Wildman–Crippen LogP) is 1.15. The Bertz CT molecular complexity index is 453. The van der Waals surface area contributed by atoms with Crippen molar-refractivity contribution >= 4 is 5.97 Å². The number of hydrogen-bond acceptors (Lipinski definition) is 3. The number of carbonyl (C=O) groups is 1. The van der Waals surface area contributed by atoms with Gasteiger partial charge in [0.1, 0.15) is 0 Å². The zero-order valence-electron chi connectivity index (χ0n) is 9.73. The molecular weight excluding hydrogens is 208 g/mol. The second-order valence-corrected chi connectivity index (χ2v) is 4.05. The van der Waals surface area contributed by atoms with Gasteiger partial charge < -0.3 is 5.11 Å². The molecule has 5 nitrogen and oxygen atoms in total. The molecule has 0 spiro atoms. The Labute approximate surface area is 93.7 Å². The van der Waals surface area contributed by atoms with Gasteiger partial charge in [-0.3, -0.25) is 4.79 Å². The average molecular weight is 224 g/mol. The first-order valence-electron chi connectivity index (χ1n) is 5.22. The molecule has 0 fully saturated rings. The van der Waals surface area contributed by atoms with Gasteiger partial charge in [-0.05, 0) is 26.3 Å². The van der Waals surface area contributed by atoms with Crippen LogP contribution in [0.3, 0.4) is 0 Å². The van der Waals surface area contributed by atoms with Crippen molar-refractivity contribution in [3.8, 4) is 0 Å². The van der Waals surface area contributed by atoms with Crippen molar-refractivity contribution < 1.29 is 9.90 Å². The SMILES string of the molecule is CCCC(C)(C(=O)O)n1nc(C)ccc1=O. The van der Waals surface area contributed by atoms with Crippen molar-refractivity contribution in [2.45, 2.75) is 39.2 Å². The van der Waals surface area contributed by atoms with Gasteiger partial charge in [0.25, 0.3) is 5.56 Å². The van der Waals surface area contributed by atoms with Crippen LogP contribution in [0.4, 0.5) is 0 Å². The van der Waals surface area contributed by atoms with Crippen LogP contribution >= 0.6 is 0 Å². The van der Waals surface area contributed by atoms with Crippen molar-refractivity contribution in [3.63, 3.8) is 0 Å². The number of aliphatic carboxylic acids is 1. The van der Waals surface area contributed by atoms with E-state index in [0.717, 1.165) is 4.68 Å². The minimum absolute atomic E-state index is 0.374. The molecule has 0 saturated carbocycles. The van der Waals surface area contributed by atoms with Crippen molar-refractivity contribution in [2.75, 3.05) is 0 Å². The molecule has 0 aliphatic carbocycles. The molecular formula is C11H16N2O3. The smallest absolute Gasteiger partial charge is 0.331 e. The molecule has 16 heavy (non-hydrogen) atoms. The van der Waals surface area contributed by atoms with E-state index in [1.807, 2.05) is 6.92 Å². The van der Waals surface area contributed by atoms with Crippen LogP contribution in [-0.4, -0.2) is 20.9 Å². The van der Waals surface area contributed by atoms with E-state index >= 15 is 0 Å². The third kappa shape index (κ3) is 2.13. The summed E-state index contributed by atoms with van der Waals surface area (Å²) in [6.45, 7) is 5.12. The van der Waals surface area contributed by atoms with Crippen LogP contribution in [0.1, 0.15) is 32.4 Å². The Morgan fingerprint density at radius 1 is 1.56 bits per heavy atom. The average Bonchev–Trinajstić information content (AvgIpc) is 2.21. The molecule has 1 N–H and O–H groups in total. The molecule has 1 atom stereocenters. The van der Waals surface area contributed by atoms with Gasteiger partial charge in [0.2, 0.25) is 0 Å². The van der Waals surface area contributed by atoms with Crippen LogP contribution in [0, 0.1) is 6.92 Å². The fourth-order valence-electron chi connectivity index (χ4n) is 1.65. The number of rotatable bonds is 4. The van der Waals surface area contributed by atoms with Gasteiger partial charge in [-0.2, -0.15) is 5.10 Å². The lowest BCUT2D eigenvalue weighted by Crippen LogP contribution is -2.46. The van der Waals surface area contributed by atoms with E-state index in [9.17, 15) is 14.7 Å². The quantitative estimate of drug-likeness (QED) is 0.832. The van der Waals surface area contributed by atoms with Gasteiger partial charge in [-0.1, -0.05) is 13.3 Å². The maximum atomic E-state index is 11.6. The number of carboxylic acid groups (broad SMARTS) is 1. The van der Waals surface area contributed by atoms with E-state index in [0.29, 0.717) is 18.5 Å². The first-order valence-corrected chi connectivity index (χ1v) is 5.22. The molecule has 88 valence electrons. The van der Waals surface area contributed by atoms with Crippen LogP contribution < -0.4 is 5.56 Å². The largest absolute Gasteiger partial charge is 0.479 e. The van der Waals surface area contributed by atoms with Gasteiger partial charge in [0.05, 0.1) is 5.69 Å². The fraction of sp³-hybridized carbons (Fsp3) is 0.545. The lowest BCUT2D eigenvalue weighted by Gasteiger charge is -2.25. The summed E-state index contributed by atoms with van der Waals surface area (Å²) in [6, 6.07) is 2.92. The first-order chi connectivity index (χ1) is 7.41. The zero-order chi connectivity index (χ0) is 12.3. The summed E-state index contributed by atoms with van der Waals surface area (Å²) in [5.74, 6) is -1.03. The van der Waals surface area contributed by atoms with Gasteiger partial charge in [-0.25, -0.2) is 9.48 Å². The Kier molecular flexibility index (Phi) is 3.47. The monoisotopic (exact) mass is 224 g/mol. The number of aryl methyl sites for hydroxylation is 1. The van der Waals surface area contributed by atoms with Crippen molar-refractivity contribution in [2.24, 2.45) is 0 Å². The highest BCUT2D eigenvalue weighted by Crippen LogP contribution is 2.19. The second kappa shape index (κ2) is 4.47. The molecule has 0 radical (unpaired) electrons. The Balaban J connectivity index is 3.37. The van der Waals surface area contributed by atoms with Crippen LogP contribution in [0.15, 0.2) is 16.9 Å². The number of hydrogen-bond donors (Lipinski definition) is 1. The van der Waals surface area contributed by atoms with Gasteiger partial charge in [0.15, 0.2) is 5.54 Å². The standard InChI is InChI=1S/C11H16N2O3/c1-4-7-11(3,10(15)16)13-9(14)6-5-8(2)12-13/h5-6H,4,7H2,1-3H3,(H,15,16). The number of nitrogens with zero attached hydrogens (tertiary/aromatic N) is 2. The van der Waals surface area contributed by atoms with Crippen LogP contribution in [0.25, 0.3) is 0 Å². The molecule has 0 saturated heterocycles. The lowest BCUT2D eigenvalue weighted by atomic mass is 9.96. The third-order valence-electron chi connectivity index (χ3n) is 2.60. The molecule has 1 rings (SSSR count). The summed E-state index contributed by atoms with van der Waals surface area (Å²) < 4.78 is 1.06. The molecule has 1 unspecified atom stereocenters. The van der Waals surface area contributed by atoms with Crippen molar-refractivity contribution in [3.05, 3.63) is 28.2 Å². The van der Waals surface area contributed by atoms with Crippen LogP contribution in [-0.2, 0) is 10.3 Å². The Morgan fingerprint density at radius 3 is 2.69 bits per heavy atom. The van der Waals surface area contributed by atoms with E-state index in [2.05, 4.69) is 5.10 Å². The summed E-state index contributed by atoms with van der Waals surface area (Å²) in [5.41, 5.74) is -1.02. The zero-order valence-corrected chi connectivity index (χ0v) is 9.73. The van der Waals surface area contributed by atoms with E-state index in [1.54, 1.807) is 13.0 Å². The first kappa shape index (κ1) is 12.4. The summed E-state index contributed by atoms with van der Waals surface area (Å²) in [6.07, 6.45) is 1.05. The molecule has 0 aliphatic rings. The normalized spacial score (nSPS) is 14.4. The minimum Gasteiger partial charge on any atom is -0.479 e. The maximum Gasteiger partial charge on any atom is 0.331 e. The minimum atomic E-state index is -1.27. The molecule has 1 heterocycles. The summed E-state index contributed by atoms with van der Waals surface area (Å²) in [4.78, 5) is 22.9. The maximum absolute atomic E-state index is 11.6. The van der Waals surface area contributed by atoms with E-state index in [4.69, 9.17) is 0 Å². The number of carboxylic acids is 1. The predicted molar refractivity (Wildman–Crippen MR) is 59.4 cm³/mol. The summed E-state index contributed by atoms with van der Waals surface area (Å²) in [7, 11) is 0. The van der Waals surface area contributed by atoms with Crippen LogP contribution in [0.5, 0.6) is 0 Å². The van der Waals surface area contributed by atoms with E-state index in [1.165, 1.54) is 13.0 Å². The molecule has 0 aliphatic heterocycles. The highest BCUT2D eigenvalue weighted by molar-refractivity contribution is 5.75. The van der Waals surface area contributed by atoms with Crippen molar-refractivity contribution in [1.82, 2.24) is 9.78 Å². The highest BCUT2D eigenvalue weighted by atomic mass is 16.4. The van der Waals surface area contributed by atoms with Crippen molar-refractivity contribution in [1.29, 1.82) is 0 Å². The highest BCUT2D eigenvalue weighted by Gasteiger charge is 2.36. The summed E-state index contributed by atoms with van der Waals surface area (Å²) >= 11 is 0. The molecule has 0 aromatic carbocycles. The topological polar surface area (TPSA) is 72.2 Å². The lowest BCUT2D eigenvalue weighted by molar-refractivity contribution is -0.147. The molecule has 0 amide bonds. The molecule has 5 heteroatoms. The summed E-state index contributed by atoms with van der Waals surface area (Å²) in [5, 5.41) is 13.2. The third-order valence-corrected chi connectivity index (χ3v) is 2.60. The van der Waals surface area contributed by atoms with E-state index in [-0.39, 0.29) is 5.56 Å². The van der Waals surface area contributed by atoms with E-state index < -0.39 is 11.5 Å². The molecule has 0 bridgehead atoms. The molecule has 1 aromatic rings. The van der Waals surface area contributed by atoms with Gasteiger partial charge in [0, 0.05) is 6.07 Å². The van der Waals surface area contributed by atoms with Gasteiger partial charge >= 0.3 is 5.97 Å². The fourth-order valence-corrected chi connectivity index (χ4v) is 1.65. The number of aromatic nitrogens is 2. The Morgan fingerprint density at radius 2 is 2.19 bits per heavy atom. The van der Waals surface area contributed by atoms with Gasteiger partial charge in [-0.15, -0.1) is 0 Å². The Hall–Kier alpha value is -1.65. The molecule has 1 aromatic heterocycles.